The summed E-state index contributed by atoms with van der Waals surface area (Å²) in [6.45, 7) is 3.50. The van der Waals surface area contributed by atoms with Crippen molar-refractivity contribution in [2.45, 2.75) is 377 Å². The molecular formula is C62H123NO10. The van der Waals surface area contributed by atoms with Gasteiger partial charge in [-0.3, -0.25) is 4.79 Å². The fourth-order valence-electron chi connectivity index (χ4n) is 10.7. The van der Waals surface area contributed by atoms with Gasteiger partial charge in [0, 0.05) is 0 Å². The number of carbonyl (C=O) groups is 1. The summed E-state index contributed by atoms with van der Waals surface area (Å²) in [6.07, 6.45) is 48.9. The highest BCUT2D eigenvalue weighted by atomic mass is 16.7. The van der Waals surface area contributed by atoms with Crippen LogP contribution in [0.2, 0.25) is 0 Å². The van der Waals surface area contributed by atoms with Gasteiger partial charge in [-0.1, -0.05) is 309 Å². The van der Waals surface area contributed by atoms with E-state index in [9.17, 15) is 40.5 Å². The van der Waals surface area contributed by atoms with Crippen LogP contribution in [0.3, 0.4) is 0 Å². The highest BCUT2D eigenvalue weighted by Gasteiger charge is 2.44. The van der Waals surface area contributed by atoms with E-state index in [0.29, 0.717) is 19.3 Å². The molecule has 1 saturated heterocycles. The third kappa shape index (κ3) is 40.0. The van der Waals surface area contributed by atoms with E-state index in [0.717, 1.165) is 38.5 Å². The van der Waals surface area contributed by atoms with Gasteiger partial charge in [-0.15, -0.1) is 0 Å². The average Bonchev–Trinajstić information content (AvgIpc) is 3.39. The molecule has 0 saturated carbocycles. The third-order valence-electron chi connectivity index (χ3n) is 15.9. The van der Waals surface area contributed by atoms with E-state index in [-0.39, 0.29) is 6.42 Å². The number of nitrogens with one attached hydrogen (secondary N) is 1. The van der Waals surface area contributed by atoms with E-state index in [1.54, 1.807) is 0 Å². The van der Waals surface area contributed by atoms with E-state index >= 15 is 0 Å². The average molecular weight is 1040 g/mol. The molecule has 11 heteroatoms. The van der Waals surface area contributed by atoms with Crippen molar-refractivity contribution < 1.29 is 50.0 Å². The van der Waals surface area contributed by atoms with Gasteiger partial charge in [0.05, 0.1) is 25.4 Å². The molecule has 0 aromatic heterocycles. The summed E-state index contributed by atoms with van der Waals surface area (Å²) in [5.74, 6) is -0.689. The van der Waals surface area contributed by atoms with E-state index < -0.39 is 74.2 Å². The Morgan fingerprint density at radius 2 is 0.712 bits per heavy atom. The lowest BCUT2D eigenvalue weighted by Gasteiger charge is -2.40. The Labute approximate surface area is 449 Å². The summed E-state index contributed by atoms with van der Waals surface area (Å²) in [5, 5.41) is 76.2. The van der Waals surface area contributed by atoms with Crippen LogP contribution in [0.15, 0.2) is 0 Å². The smallest absolute Gasteiger partial charge is 0.249 e. The number of ether oxygens (including phenoxy) is 2. The van der Waals surface area contributed by atoms with Gasteiger partial charge in [0.15, 0.2) is 6.29 Å². The Morgan fingerprint density at radius 3 is 1.01 bits per heavy atom. The number of aliphatic hydroxyl groups excluding tert-OH is 7. The molecule has 9 unspecified atom stereocenters. The molecule has 73 heavy (non-hydrogen) atoms. The molecule has 0 spiro atoms. The first-order chi connectivity index (χ1) is 35.7. The van der Waals surface area contributed by atoms with Crippen molar-refractivity contribution >= 4 is 5.91 Å². The molecule has 1 fully saturated rings. The number of hydrogen-bond donors (Lipinski definition) is 8. The van der Waals surface area contributed by atoms with Crippen LogP contribution < -0.4 is 5.32 Å². The van der Waals surface area contributed by atoms with E-state index in [1.807, 2.05) is 0 Å². The lowest BCUT2D eigenvalue weighted by atomic mass is 9.98. The second kappa shape index (κ2) is 51.8. The highest BCUT2D eigenvalue weighted by molar-refractivity contribution is 5.80. The van der Waals surface area contributed by atoms with Crippen molar-refractivity contribution in [2.75, 3.05) is 13.2 Å². The second-order valence-electron chi connectivity index (χ2n) is 22.9. The van der Waals surface area contributed by atoms with Gasteiger partial charge in [-0.2, -0.15) is 0 Å². The molecule has 9 atom stereocenters. The summed E-state index contributed by atoms with van der Waals surface area (Å²) in [5.41, 5.74) is 0. The van der Waals surface area contributed by atoms with Crippen LogP contribution in [0.1, 0.15) is 322 Å². The quantitative estimate of drug-likeness (QED) is 0.0272. The molecule has 1 heterocycles. The molecule has 1 amide bonds. The van der Waals surface area contributed by atoms with E-state index in [1.165, 1.54) is 244 Å². The van der Waals surface area contributed by atoms with Crippen molar-refractivity contribution in [2.24, 2.45) is 0 Å². The van der Waals surface area contributed by atoms with E-state index in [4.69, 9.17) is 9.47 Å². The van der Waals surface area contributed by atoms with Gasteiger partial charge < -0.3 is 50.5 Å². The van der Waals surface area contributed by atoms with Crippen LogP contribution in [-0.2, 0) is 14.3 Å². The molecule has 436 valence electrons. The Bertz CT molecular complexity index is 1150. The van der Waals surface area contributed by atoms with Crippen LogP contribution in [0.4, 0.5) is 0 Å². The molecule has 8 N–H and O–H groups in total. The van der Waals surface area contributed by atoms with Crippen LogP contribution in [0, 0.1) is 0 Å². The maximum atomic E-state index is 13.2. The molecule has 0 radical (unpaired) electrons. The van der Waals surface area contributed by atoms with Crippen LogP contribution >= 0.6 is 0 Å². The van der Waals surface area contributed by atoms with Crippen LogP contribution in [-0.4, -0.2) is 110 Å². The minimum Gasteiger partial charge on any atom is -0.394 e. The molecule has 0 aromatic rings. The minimum absolute atomic E-state index is 0.267. The Hall–Kier alpha value is -0.890. The van der Waals surface area contributed by atoms with Gasteiger partial charge in [-0.25, -0.2) is 0 Å². The first-order valence-corrected chi connectivity index (χ1v) is 31.9. The molecule has 0 aliphatic carbocycles. The maximum Gasteiger partial charge on any atom is 0.249 e. The lowest BCUT2D eigenvalue weighted by Crippen LogP contribution is -2.60. The zero-order valence-corrected chi connectivity index (χ0v) is 47.9. The van der Waals surface area contributed by atoms with Gasteiger partial charge in [-0.05, 0) is 12.8 Å². The standard InChI is InChI=1S/C62H123NO10/c1-3-5-7-9-11-13-15-17-19-20-21-22-23-24-25-26-27-28-29-30-31-32-33-34-36-38-40-42-44-46-48-50-55(66)61(71)63-53(52-72-62-60(70)59(69)58(68)56(51-64)73-62)57(67)54(65)49-47-45-43-41-39-37-35-18-16-14-12-10-8-6-4-2/h53-60,62,64-70H,3-52H2,1-2H3,(H,63,71). The van der Waals surface area contributed by atoms with Crippen molar-refractivity contribution in [1.82, 2.24) is 5.32 Å². The fraction of sp³-hybridized carbons (Fsp3) is 0.984. The summed E-state index contributed by atoms with van der Waals surface area (Å²) in [4.78, 5) is 13.2. The molecule has 1 aliphatic rings. The Morgan fingerprint density at radius 1 is 0.425 bits per heavy atom. The number of aliphatic hydroxyl groups is 7. The predicted octanol–water partition coefficient (Wildman–Crippen LogP) is 14.1. The number of rotatable bonds is 56. The first kappa shape index (κ1) is 70.1. The SMILES string of the molecule is CCCCCCCCCCCCCCCCCCCCCCCCCCCCCCCCCC(O)C(=O)NC(COC1OC(CO)C(O)C(O)C1O)C(O)C(O)CCCCCCCCCCCCCCCCC. The zero-order valence-electron chi connectivity index (χ0n) is 47.9. The van der Waals surface area contributed by atoms with Crippen LogP contribution in [0.25, 0.3) is 0 Å². The number of hydrogen-bond acceptors (Lipinski definition) is 10. The van der Waals surface area contributed by atoms with Crippen LogP contribution in [0.5, 0.6) is 0 Å². The highest BCUT2D eigenvalue weighted by Crippen LogP contribution is 2.24. The fourth-order valence-corrected chi connectivity index (χ4v) is 10.7. The van der Waals surface area contributed by atoms with Crippen molar-refractivity contribution in [3.05, 3.63) is 0 Å². The van der Waals surface area contributed by atoms with Crippen molar-refractivity contribution in [1.29, 1.82) is 0 Å². The van der Waals surface area contributed by atoms with E-state index in [2.05, 4.69) is 19.2 Å². The largest absolute Gasteiger partial charge is 0.394 e. The monoisotopic (exact) mass is 1040 g/mol. The lowest BCUT2D eigenvalue weighted by molar-refractivity contribution is -0.303. The molecule has 11 nitrogen and oxygen atoms in total. The maximum absolute atomic E-state index is 13.2. The molecular weight excluding hydrogens is 919 g/mol. The van der Waals surface area contributed by atoms with Gasteiger partial charge >= 0.3 is 0 Å². The van der Waals surface area contributed by atoms with Crippen molar-refractivity contribution in [3.63, 3.8) is 0 Å². The molecule has 0 bridgehead atoms. The van der Waals surface area contributed by atoms with Gasteiger partial charge in [0.2, 0.25) is 5.91 Å². The van der Waals surface area contributed by atoms with Crippen molar-refractivity contribution in [3.8, 4) is 0 Å². The topological polar surface area (TPSA) is 189 Å². The zero-order chi connectivity index (χ0) is 53.3. The summed E-state index contributed by atoms with van der Waals surface area (Å²) >= 11 is 0. The second-order valence-corrected chi connectivity index (χ2v) is 22.9. The van der Waals surface area contributed by atoms with Gasteiger partial charge in [0.1, 0.15) is 36.6 Å². The Kier molecular flexibility index (Phi) is 49.8. The number of carbonyl (C=O) groups excluding carboxylic acids is 1. The summed E-state index contributed by atoms with van der Waals surface area (Å²) in [6, 6.07) is -1.16. The minimum atomic E-state index is -1.66. The number of amides is 1. The first-order valence-electron chi connectivity index (χ1n) is 31.9. The summed E-state index contributed by atoms with van der Waals surface area (Å²) in [7, 11) is 0. The molecule has 1 aliphatic heterocycles. The third-order valence-corrected chi connectivity index (χ3v) is 15.9. The predicted molar refractivity (Wildman–Crippen MR) is 303 cm³/mol. The number of unbranched alkanes of at least 4 members (excludes halogenated alkanes) is 44. The molecule has 1 rings (SSSR count). The molecule has 0 aromatic carbocycles. The normalized spacial score (nSPS) is 19.8. The summed E-state index contributed by atoms with van der Waals surface area (Å²) < 4.78 is 11.2. The Balaban J connectivity index is 2.17. The van der Waals surface area contributed by atoms with Gasteiger partial charge in [0.25, 0.3) is 0 Å².